The van der Waals surface area contributed by atoms with Crippen LogP contribution in [0.5, 0.6) is 0 Å². The third-order valence-corrected chi connectivity index (χ3v) is 3.01. The largest absolute Gasteiger partial charge is 0.465 e. The van der Waals surface area contributed by atoms with Crippen molar-refractivity contribution < 1.29 is 9.53 Å². The molecule has 0 aliphatic rings. The molecule has 0 saturated heterocycles. The third kappa shape index (κ3) is 2.73. The standard InChI is InChI=1S/C13H16N4O2/c1-9-11(13(18)19-3)5-4-6-12(9)14-7-10-8-15-16-17(10)2/h4-6,8,14H,7H2,1-3H3. The van der Waals surface area contributed by atoms with Gasteiger partial charge in [-0.3, -0.25) is 4.68 Å². The number of rotatable bonds is 4. The number of carbonyl (C=O) groups excluding carboxylic acids is 1. The molecule has 1 aromatic heterocycles. The molecule has 19 heavy (non-hydrogen) atoms. The number of aromatic nitrogens is 3. The summed E-state index contributed by atoms with van der Waals surface area (Å²) in [6.45, 7) is 2.48. The van der Waals surface area contributed by atoms with Gasteiger partial charge >= 0.3 is 5.97 Å². The average molecular weight is 260 g/mol. The first kappa shape index (κ1) is 13.1. The van der Waals surface area contributed by atoms with Crippen LogP contribution >= 0.6 is 0 Å². The molecule has 0 aliphatic carbocycles. The fourth-order valence-corrected chi connectivity index (χ4v) is 1.82. The molecule has 100 valence electrons. The Labute approximate surface area is 111 Å². The fraction of sp³-hybridized carbons (Fsp3) is 0.308. The molecule has 1 aromatic carbocycles. The van der Waals surface area contributed by atoms with E-state index < -0.39 is 0 Å². The van der Waals surface area contributed by atoms with Gasteiger partial charge in [-0.1, -0.05) is 11.3 Å². The molecule has 2 aromatic rings. The van der Waals surface area contributed by atoms with E-state index in [0.717, 1.165) is 16.9 Å². The van der Waals surface area contributed by atoms with Crippen LogP contribution in [0.25, 0.3) is 0 Å². The summed E-state index contributed by atoms with van der Waals surface area (Å²) in [4.78, 5) is 11.6. The lowest BCUT2D eigenvalue weighted by molar-refractivity contribution is 0.0600. The molecule has 0 spiro atoms. The van der Waals surface area contributed by atoms with Crippen molar-refractivity contribution >= 4 is 11.7 Å². The molecule has 0 bridgehead atoms. The third-order valence-electron chi connectivity index (χ3n) is 3.01. The van der Waals surface area contributed by atoms with E-state index in [1.54, 1.807) is 16.9 Å². The smallest absolute Gasteiger partial charge is 0.338 e. The van der Waals surface area contributed by atoms with E-state index in [-0.39, 0.29) is 5.97 Å². The first-order chi connectivity index (χ1) is 9.13. The first-order valence-corrected chi connectivity index (χ1v) is 5.89. The molecule has 0 unspecified atom stereocenters. The zero-order chi connectivity index (χ0) is 13.8. The van der Waals surface area contributed by atoms with Gasteiger partial charge in [0, 0.05) is 12.7 Å². The van der Waals surface area contributed by atoms with Gasteiger partial charge in [-0.25, -0.2) is 4.79 Å². The molecule has 0 aliphatic heterocycles. The molecule has 0 radical (unpaired) electrons. The number of nitrogens with one attached hydrogen (secondary N) is 1. The number of esters is 1. The minimum atomic E-state index is -0.330. The van der Waals surface area contributed by atoms with Crippen molar-refractivity contribution in [2.45, 2.75) is 13.5 Å². The van der Waals surface area contributed by atoms with E-state index in [1.807, 2.05) is 26.1 Å². The second-order valence-electron chi connectivity index (χ2n) is 4.17. The SMILES string of the molecule is COC(=O)c1cccc(NCc2cnnn2C)c1C. The van der Waals surface area contributed by atoms with Gasteiger partial charge in [0.05, 0.1) is 31.1 Å². The van der Waals surface area contributed by atoms with Gasteiger partial charge in [0.15, 0.2) is 0 Å². The van der Waals surface area contributed by atoms with E-state index in [0.29, 0.717) is 12.1 Å². The molecule has 0 amide bonds. The summed E-state index contributed by atoms with van der Waals surface area (Å²) >= 11 is 0. The van der Waals surface area contributed by atoms with Gasteiger partial charge in [-0.15, -0.1) is 5.10 Å². The molecular formula is C13H16N4O2. The number of benzene rings is 1. The van der Waals surface area contributed by atoms with Crippen molar-refractivity contribution in [1.82, 2.24) is 15.0 Å². The van der Waals surface area contributed by atoms with E-state index in [9.17, 15) is 4.79 Å². The summed E-state index contributed by atoms with van der Waals surface area (Å²) < 4.78 is 6.45. The summed E-state index contributed by atoms with van der Waals surface area (Å²) in [5, 5.41) is 10.9. The monoisotopic (exact) mass is 260 g/mol. The Hall–Kier alpha value is -2.37. The van der Waals surface area contributed by atoms with Crippen LogP contribution in [0.2, 0.25) is 0 Å². The minimum Gasteiger partial charge on any atom is -0.465 e. The first-order valence-electron chi connectivity index (χ1n) is 5.89. The number of hydrogen-bond donors (Lipinski definition) is 1. The molecule has 0 saturated carbocycles. The fourth-order valence-electron chi connectivity index (χ4n) is 1.82. The average Bonchev–Trinajstić information content (AvgIpc) is 2.82. The summed E-state index contributed by atoms with van der Waals surface area (Å²) in [5.41, 5.74) is 3.28. The second-order valence-corrected chi connectivity index (χ2v) is 4.17. The minimum absolute atomic E-state index is 0.330. The second kappa shape index (κ2) is 5.51. The van der Waals surface area contributed by atoms with Crippen molar-refractivity contribution in [3.05, 3.63) is 41.2 Å². The van der Waals surface area contributed by atoms with Gasteiger partial charge in [-0.05, 0) is 24.6 Å². The lowest BCUT2D eigenvalue weighted by Gasteiger charge is -2.12. The van der Waals surface area contributed by atoms with Gasteiger partial charge in [0.25, 0.3) is 0 Å². The van der Waals surface area contributed by atoms with Crippen LogP contribution < -0.4 is 5.32 Å². The number of carbonyl (C=O) groups is 1. The summed E-state index contributed by atoms with van der Waals surface area (Å²) in [6.07, 6.45) is 1.70. The maximum Gasteiger partial charge on any atom is 0.338 e. The zero-order valence-corrected chi connectivity index (χ0v) is 11.2. The molecule has 0 atom stereocenters. The number of nitrogens with zero attached hydrogens (tertiary/aromatic N) is 3. The summed E-state index contributed by atoms with van der Waals surface area (Å²) in [6, 6.07) is 5.49. The van der Waals surface area contributed by atoms with Crippen LogP contribution in [-0.4, -0.2) is 28.1 Å². The molecular weight excluding hydrogens is 244 g/mol. The molecule has 2 rings (SSSR count). The highest BCUT2D eigenvalue weighted by Gasteiger charge is 2.11. The number of methoxy groups -OCH3 is 1. The normalized spacial score (nSPS) is 10.3. The topological polar surface area (TPSA) is 69.0 Å². The zero-order valence-electron chi connectivity index (χ0n) is 11.2. The lowest BCUT2D eigenvalue weighted by Crippen LogP contribution is -2.09. The lowest BCUT2D eigenvalue weighted by atomic mass is 10.1. The highest BCUT2D eigenvalue weighted by molar-refractivity contribution is 5.92. The van der Waals surface area contributed by atoms with E-state index in [1.165, 1.54) is 7.11 Å². The highest BCUT2D eigenvalue weighted by Crippen LogP contribution is 2.20. The Morgan fingerprint density at radius 2 is 2.26 bits per heavy atom. The van der Waals surface area contributed by atoms with E-state index >= 15 is 0 Å². The van der Waals surface area contributed by atoms with Crippen LogP contribution in [0.1, 0.15) is 21.6 Å². The Balaban J connectivity index is 2.17. The van der Waals surface area contributed by atoms with Gasteiger partial charge < -0.3 is 10.1 Å². The number of anilines is 1. The predicted octanol–water partition coefficient (Wildman–Crippen LogP) is 1.52. The van der Waals surface area contributed by atoms with Crippen LogP contribution in [0, 0.1) is 6.92 Å². The molecule has 1 heterocycles. The van der Waals surface area contributed by atoms with Gasteiger partial charge in [0.2, 0.25) is 0 Å². The van der Waals surface area contributed by atoms with Gasteiger partial charge in [-0.2, -0.15) is 0 Å². The van der Waals surface area contributed by atoms with Crippen molar-refractivity contribution in [3.63, 3.8) is 0 Å². The highest BCUT2D eigenvalue weighted by atomic mass is 16.5. The molecule has 6 heteroatoms. The van der Waals surface area contributed by atoms with Crippen LogP contribution in [0.15, 0.2) is 24.4 Å². The van der Waals surface area contributed by atoms with Crippen LogP contribution in [0.4, 0.5) is 5.69 Å². The molecule has 0 fully saturated rings. The number of ether oxygens (including phenoxy) is 1. The van der Waals surface area contributed by atoms with E-state index in [2.05, 4.69) is 15.6 Å². The van der Waals surface area contributed by atoms with Gasteiger partial charge in [0.1, 0.15) is 0 Å². The van der Waals surface area contributed by atoms with E-state index in [4.69, 9.17) is 4.74 Å². The molecule has 6 nitrogen and oxygen atoms in total. The van der Waals surface area contributed by atoms with Crippen LogP contribution in [0.3, 0.4) is 0 Å². The molecule has 1 N–H and O–H groups in total. The Kier molecular flexibility index (Phi) is 3.79. The maximum atomic E-state index is 11.6. The van der Waals surface area contributed by atoms with Crippen molar-refractivity contribution in [3.8, 4) is 0 Å². The number of hydrogen-bond acceptors (Lipinski definition) is 5. The maximum absolute atomic E-state index is 11.6. The van der Waals surface area contributed by atoms with Crippen LogP contribution in [-0.2, 0) is 18.3 Å². The quantitative estimate of drug-likeness (QED) is 0.844. The van der Waals surface area contributed by atoms with Crippen molar-refractivity contribution in [2.75, 3.05) is 12.4 Å². The predicted molar refractivity (Wildman–Crippen MR) is 70.8 cm³/mol. The Bertz CT molecular complexity index is 592. The Morgan fingerprint density at radius 3 is 2.89 bits per heavy atom. The summed E-state index contributed by atoms with van der Waals surface area (Å²) in [7, 11) is 3.21. The summed E-state index contributed by atoms with van der Waals surface area (Å²) in [5.74, 6) is -0.330. The Morgan fingerprint density at radius 1 is 1.47 bits per heavy atom. The number of aryl methyl sites for hydroxylation is 1. The van der Waals surface area contributed by atoms with Crippen molar-refractivity contribution in [1.29, 1.82) is 0 Å². The van der Waals surface area contributed by atoms with Crippen molar-refractivity contribution in [2.24, 2.45) is 7.05 Å².